The fourth-order valence-corrected chi connectivity index (χ4v) is 9.54. The maximum absolute atomic E-state index is 14.5. The van der Waals surface area contributed by atoms with Crippen molar-refractivity contribution in [3.8, 4) is 17.2 Å². The second-order valence-corrected chi connectivity index (χ2v) is 15.1. The van der Waals surface area contributed by atoms with Crippen LogP contribution in [0.3, 0.4) is 0 Å². The molecule has 0 aromatic heterocycles. The van der Waals surface area contributed by atoms with Gasteiger partial charge >= 0.3 is 0 Å². The van der Waals surface area contributed by atoms with Crippen LogP contribution in [0.25, 0.3) is 0 Å². The van der Waals surface area contributed by atoms with Crippen molar-refractivity contribution in [2.24, 2.45) is 28.0 Å². The molecule has 4 aliphatic rings. The molecular weight excluding hydrogens is 777 g/mol. The molecule has 6 atom stereocenters. The topological polar surface area (TPSA) is 141 Å². The first kappa shape index (κ1) is 35.9. The fraction of sp³-hybridized carbons (Fsp3) is 0.351. The van der Waals surface area contributed by atoms with Crippen LogP contribution in [0, 0.1) is 17.8 Å². The predicted octanol–water partition coefficient (Wildman–Crippen LogP) is 6.81. The number of benzene rings is 3. The number of imide groups is 2. The van der Waals surface area contributed by atoms with E-state index in [0.717, 1.165) is 10.6 Å². The van der Waals surface area contributed by atoms with Crippen molar-refractivity contribution in [1.29, 1.82) is 0 Å². The van der Waals surface area contributed by atoms with E-state index in [1.807, 2.05) is 49.3 Å². The molecule has 2 saturated heterocycles. The number of phenols is 1. The van der Waals surface area contributed by atoms with Gasteiger partial charge < -0.3 is 19.5 Å². The minimum Gasteiger partial charge on any atom is -0.508 e. The third-order valence-corrected chi connectivity index (χ3v) is 12.5. The lowest BCUT2D eigenvalue weighted by molar-refractivity contribution is -0.138. The molecular formula is C37H34BrCl2N5O7. The van der Waals surface area contributed by atoms with Gasteiger partial charge in [0.2, 0.25) is 11.8 Å². The van der Waals surface area contributed by atoms with Crippen LogP contribution in [0.15, 0.2) is 82.5 Å². The number of hydrogen-bond donors (Lipinski definition) is 1. The van der Waals surface area contributed by atoms with Gasteiger partial charge in [-0.3, -0.25) is 29.0 Å². The van der Waals surface area contributed by atoms with Crippen molar-refractivity contribution in [2.75, 3.05) is 43.6 Å². The molecule has 270 valence electrons. The standard InChI is InChI=1S/C37H34BrCl2N5O7/c1-43(2)21-9-5-19(6-10-21)41-42-20-7-11-22(12-8-20)45-32(47)25-14-13-24-26(29(25)33(45)48)17-36(39)34(49)44(18-38)35(50)37(36,40)31(24)30-27(51-3)15-23(46)16-28(30)52-4/h5-13,15-16,25-26,29,31,46H,14,17-18H2,1-4H3. The highest BCUT2D eigenvalue weighted by Crippen LogP contribution is 2.67. The first-order valence-electron chi connectivity index (χ1n) is 16.4. The number of carbonyl (C=O) groups excluding carboxylic acids is 4. The van der Waals surface area contributed by atoms with Crippen molar-refractivity contribution < 1.29 is 33.8 Å². The Balaban J connectivity index is 1.26. The normalized spacial score (nSPS) is 28.2. The van der Waals surface area contributed by atoms with Crippen LogP contribution in [0.2, 0.25) is 0 Å². The monoisotopic (exact) mass is 809 g/mol. The highest BCUT2D eigenvalue weighted by molar-refractivity contribution is 9.09. The van der Waals surface area contributed by atoms with Gasteiger partial charge in [0.05, 0.1) is 48.6 Å². The highest BCUT2D eigenvalue weighted by atomic mass is 79.9. The van der Waals surface area contributed by atoms with E-state index in [9.17, 15) is 24.3 Å². The number of nitrogens with zero attached hydrogens (tertiary/aromatic N) is 5. The quantitative estimate of drug-likeness (QED) is 0.0861. The first-order chi connectivity index (χ1) is 24.8. The highest BCUT2D eigenvalue weighted by Gasteiger charge is 2.76. The lowest BCUT2D eigenvalue weighted by Crippen LogP contribution is -2.60. The van der Waals surface area contributed by atoms with Gasteiger partial charge in [0, 0.05) is 43.4 Å². The van der Waals surface area contributed by atoms with Crippen LogP contribution < -0.4 is 19.3 Å². The van der Waals surface area contributed by atoms with Crippen LogP contribution >= 0.6 is 39.1 Å². The van der Waals surface area contributed by atoms with E-state index in [1.165, 1.54) is 31.3 Å². The van der Waals surface area contributed by atoms with Gasteiger partial charge in [-0.15, -0.1) is 23.2 Å². The molecule has 7 rings (SSSR count). The number of azo groups is 1. The van der Waals surface area contributed by atoms with Gasteiger partial charge in [-0.05, 0) is 67.3 Å². The minimum absolute atomic E-state index is 0.139. The molecule has 0 bridgehead atoms. The Hall–Kier alpha value is -4.46. The third kappa shape index (κ3) is 5.22. The summed E-state index contributed by atoms with van der Waals surface area (Å²) in [6.07, 6.45) is 1.81. The van der Waals surface area contributed by atoms with Gasteiger partial charge in [-0.2, -0.15) is 10.2 Å². The van der Waals surface area contributed by atoms with Crippen molar-refractivity contribution >= 4 is 85.5 Å². The number of aromatic hydroxyl groups is 1. The Morgan fingerprint density at radius 2 is 1.46 bits per heavy atom. The van der Waals surface area contributed by atoms with Crippen molar-refractivity contribution in [3.63, 3.8) is 0 Å². The van der Waals surface area contributed by atoms with Crippen LogP contribution in [0.1, 0.15) is 24.3 Å². The number of allylic oxidation sites excluding steroid dienone is 2. The molecule has 2 aliphatic carbocycles. The maximum atomic E-state index is 14.5. The smallest absolute Gasteiger partial charge is 0.254 e. The van der Waals surface area contributed by atoms with E-state index < -0.39 is 51.1 Å². The van der Waals surface area contributed by atoms with E-state index in [1.54, 1.807) is 24.3 Å². The van der Waals surface area contributed by atoms with E-state index in [4.69, 9.17) is 32.7 Å². The van der Waals surface area contributed by atoms with E-state index in [2.05, 4.69) is 26.2 Å². The molecule has 15 heteroatoms. The summed E-state index contributed by atoms with van der Waals surface area (Å²) in [5.41, 5.74) is 3.26. The molecule has 0 spiro atoms. The Morgan fingerprint density at radius 3 is 2.00 bits per heavy atom. The summed E-state index contributed by atoms with van der Waals surface area (Å²) in [6.45, 7) is 0. The summed E-state index contributed by atoms with van der Waals surface area (Å²) < 4.78 is 11.3. The molecule has 6 unspecified atom stereocenters. The van der Waals surface area contributed by atoms with Gasteiger partial charge in [0.15, 0.2) is 9.75 Å². The van der Waals surface area contributed by atoms with Crippen LogP contribution in [0.5, 0.6) is 17.2 Å². The number of alkyl halides is 3. The largest absolute Gasteiger partial charge is 0.508 e. The zero-order valence-corrected chi connectivity index (χ0v) is 31.6. The molecule has 3 fully saturated rings. The summed E-state index contributed by atoms with van der Waals surface area (Å²) in [6, 6.07) is 16.9. The summed E-state index contributed by atoms with van der Waals surface area (Å²) in [7, 11) is 6.67. The molecule has 2 aliphatic heterocycles. The van der Waals surface area contributed by atoms with E-state index >= 15 is 0 Å². The number of anilines is 2. The predicted molar refractivity (Wildman–Crippen MR) is 198 cm³/mol. The molecule has 1 saturated carbocycles. The maximum Gasteiger partial charge on any atom is 0.254 e. The van der Waals surface area contributed by atoms with Crippen LogP contribution in [-0.2, 0) is 19.2 Å². The summed E-state index contributed by atoms with van der Waals surface area (Å²) in [4.78, 5) is 56.7. The Bertz CT molecular complexity index is 2030. The van der Waals surface area contributed by atoms with Crippen LogP contribution in [0.4, 0.5) is 22.7 Å². The number of amides is 4. The molecule has 2 heterocycles. The van der Waals surface area contributed by atoms with E-state index in [-0.39, 0.29) is 47.0 Å². The van der Waals surface area contributed by atoms with E-state index in [0.29, 0.717) is 22.6 Å². The molecule has 12 nitrogen and oxygen atoms in total. The second-order valence-electron chi connectivity index (χ2n) is 13.4. The number of rotatable bonds is 8. The molecule has 3 aromatic carbocycles. The van der Waals surface area contributed by atoms with Gasteiger partial charge in [0.25, 0.3) is 11.8 Å². The Morgan fingerprint density at radius 1 is 0.885 bits per heavy atom. The fourth-order valence-electron chi connectivity index (χ4n) is 8.14. The number of carbonyl (C=O) groups is 4. The van der Waals surface area contributed by atoms with Gasteiger partial charge in [-0.1, -0.05) is 27.6 Å². The zero-order valence-electron chi connectivity index (χ0n) is 28.5. The minimum atomic E-state index is -2.07. The van der Waals surface area contributed by atoms with Gasteiger partial charge in [0.1, 0.15) is 17.2 Å². The Kier molecular flexibility index (Phi) is 9.11. The molecule has 3 aromatic rings. The number of hydrogen-bond acceptors (Lipinski definition) is 10. The van der Waals surface area contributed by atoms with Gasteiger partial charge in [-0.25, -0.2) is 0 Å². The number of fused-ring (bicyclic) bond motifs is 4. The number of likely N-dealkylation sites (tertiary alicyclic amines) is 1. The number of phenolic OH excluding ortho intramolecular Hbond substituents is 1. The lowest BCUT2D eigenvalue weighted by Gasteiger charge is -2.51. The lowest BCUT2D eigenvalue weighted by atomic mass is 9.56. The summed E-state index contributed by atoms with van der Waals surface area (Å²) in [5, 5.41) is 19.1. The summed E-state index contributed by atoms with van der Waals surface area (Å²) in [5.74, 6) is -5.76. The molecule has 4 amide bonds. The Labute approximate surface area is 318 Å². The zero-order chi connectivity index (χ0) is 37.3. The van der Waals surface area contributed by atoms with Crippen molar-refractivity contribution in [2.45, 2.75) is 28.5 Å². The molecule has 0 radical (unpaired) electrons. The van der Waals surface area contributed by atoms with Crippen molar-refractivity contribution in [3.05, 3.63) is 77.9 Å². The number of halogens is 3. The number of methoxy groups -OCH3 is 2. The SMILES string of the molecule is COc1cc(O)cc(OC)c1C1C2=CCC3C(=O)N(c4ccc(N=Nc5ccc(N(C)C)cc5)cc4)C(=O)C3C2CC2(Cl)C(=O)N(CBr)C(=O)C12Cl. The molecule has 52 heavy (non-hydrogen) atoms. The summed E-state index contributed by atoms with van der Waals surface area (Å²) >= 11 is 18.0. The second kappa shape index (κ2) is 13.2. The first-order valence-corrected chi connectivity index (χ1v) is 18.3. The van der Waals surface area contributed by atoms with Crippen molar-refractivity contribution in [1.82, 2.24) is 4.90 Å². The molecule has 1 N–H and O–H groups in total. The average Bonchev–Trinajstić information content (AvgIpc) is 3.48. The van der Waals surface area contributed by atoms with Crippen LogP contribution in [-0.4, -0.2) is 77.2 Å². The average molecular weight is 812 g/mol. The third-order valence-electron chi connectivity index (χ3n) is 10.6. The number of ether oxygens (including phenoxy) is 2.